The lowest BCUT2D eigenvalue weighted by molar-refractivity contribution is -0.145. The van der Waals surface area contributed by atoms with Crippen LogP contribution in [0.5, 0.6) is 0 Å². The molecule has 4 aromatic rings. The van der Waals surface area contributed by atoms with Crippen LogP contribution >= 0.6 is 0 Å². The number of alkyl halides is 3. The summed E-state index contributed by atoms with van der Waals surface area (Å²) in [5.74, 6) is -2.84. The number of carboxylic acids is 1. The SMILES string of the molecule is Cc1ccc([C@H](CC(=O)O)c2ccn3c(C(F)(F)F)nnc3c2C)cc1CN1C[C@]2(N)COCCN2c2ncccc2S1(=O)=O. The summed E-state index contributed by atoms with van der Waals surface area (Å²) in [6, 6.07) is 9.71. The van der Waals surface area contributed by atoms with Crippen LogP contribution in [-0.2, 0) is 32.3 Å². The largest absolute Gasteiger partial charge is 0.481 e. The minimum absolute atomic E-state index is 0.0206. The molecule has 1 fully saturated rings. The number of carbonyl (C=O) groups is 1. The van der Waals surface area contributed by atoms with Gasteiger partial charge in [-0.25, -0.2) is 13.4 Å². The van der Waals surface area contributed by atoms with Gasteiger partial charge in [0, 0.05) is 31.4 Å². The molecule has 3 aromatic heterocycles. The summed E-state index contributed by atoms with van der Waals surface area (Å²) in [4.78, 5) is 18.2. The van der Waals surface area contributed by atoms with Gasteiger partial charge < -0.3 is 20.5 Å². The molecule has 2 atom stereocenters. The Bertz CT molecular complexity index is 1920. The zero-order valence-corrected chi connectivity index (χ0v) is 25.1. The molecule has 5 heterocycles. The molecule has 45 heavy (non-hydrogen) atoms. The molecule has 1 aromatic carbocycles. The van der Waals surface area contributed by atoms with Crippen molar-refractivity contribution in [2.75, 3.05) is 31.2 Å². The molecule has 2 aliphatic rings. The fraction of sp³-hybridized carbons (Fsp3) is 0.379. The van der Waals surface area contributed by atoms with E-state index in [-0.39, 0.29) is 42.5 Å². The summed E-state index contributed by atoms with van der Waals surface area (Å²) in [5.41, 5.74) is 8.25. The summed E-state index contributed by atoms with van der Waals surface area (Å²) in [6.45, 7) is 3.99. The van der Waals surface area contributed by atoms with E-state index >= 15 is 0 Å². The number of nitrogens with two attached hydrogens (primary N) is 1. The number of nitrogens with zero attached hydrogens (tertiary/aromatic N) is 6. The normalized spacial score (nSPS) is 20.8. The van der Waals surface area contributed by atoms with Crippen LogP contribution in [0, 0.1) is 13.8 Å². The summed E-state index contributed by atoms with van der Waals surface area (Å²) in [7, 11) is -4.09. The van der Waals surface area contributed by atoms with Gasteiger partial charge in [0.15, 0.2) is 5.65 Å². The molecule has 2 aliphatic heterocycles. The van der Waals surface area contributed by atoms with E-state index in [4.69, 9.17) is 10.5 Å². The van der Waals surface area contributed by atoms with E-state index in [0.717, 1.165) is 9.96 Å². The van der Waals surface area contributed by atoms with Crippen molar-refractivity contribution in [2.24, 2.45) is 5.73 Å². The minimum Gasteiger partial charge on any atom is -0.481 e. The van der Waals surface area contributed by atoms with E-state index in [0.29, 0.717) is 35.4 Å². The first-order chi connectivity index (χ1) is 21.2. The lowest BCUT2D eigenvalue weighted by atomic mass is 9.85. The highest BCUT2D eigenvalue weighted by molar-refractivity contribution is 7.89. The number of anilines is 1. The van der Waals surface area contributed by atoms with Crippen molar-refractivity contribution in [1.82, 2.24) is 23.9 Å². The van der Waals surface area contributed by atoms with Crippen LogP contribution in [-0.4, -0.2) is 75.3 Å². The van der Waals surface area contributed by atoms with Gasteiger partial charge in [-0.05, 0) is 59.9 Å². The number of sulfonamides is 1. The summed E-state index contributed by atoms with van der Waals surface area (Å²) in [5, 5.41) is 16.9. The van der Waals surface area contributed by atoms with Crippen LogP contribution in [0.1, 0.15) is 46.0 Å². The highest BCUT2D eigenvalue weighted by Gasteiger charge is 2.47. The first-order valence-corrected chi connectivity index (χ1v) is 15.5. The van der Waals surface area contributed by atoms with Crippen molar-refractivity contribution in [3.63, 3.8) is 0 Å². The smallest absolute Gasteiger partial charge is 0.452 e. The molecule has 16 heteroatoms. The van der Waals surface area contributed by atoms with Crippen molar-refractivity contribution >= 4 is 27.5 Å². The predicted octanol–water partition coefficient (Wildman–Crippen LogP) is 3.06. The zero-order valence-electron chi connectivity index (χ0n) is 24.3. The Balaban J connectivity index is 1.42. The molecular weight excluding hydrogens is 615 g/mol. The molecule has 0 saturated carbocycles. The van der Waals surface area contributed by atoms with Crippen molar-refractivity contribution in [3.8, 4) is 0 Å². The highest BCUT2D eigenvalue weighted by atomic mass is 32.2. The van der Waals surface area contributed by atoms with Gasteiger partial charge in [-0.15, -0.1) is 10.2 Å². The number of hydrogen-bond donors (Lipinski definition) is 2. The molecule has 1 saturated heterocycles. The maximum Gasteiger partial charge on any atom is 0.452 e. The quantitative estimate of drug-likeness (QED) is 0.320. The average Bonchev–Trinajstić information content (AvgIpc) is 3.41. The van der Waals surface area contributed by atoms with Crippen LogP contribution in [0.15, 0.2) is 53.7 Å². The number of benzene rings is 1. The Morgan fingerprint density at radius 1 is 1.20 bits per heavy atom. The number of carboxylic acid groups (broad SMARTS) is 1. The van der Waals surface area contributed by atoms with Gasteiger partial charge in [0.05, 0.1) is 26.2 Å². The average molecular weight is 646 g/mol. The molecule has 0 unspecified atom stereocenters. The number of aliphatic carboxylic acids is 1. The van der Waals surface area contributed by atoms with Gasteiger partial charge in [0.2, 0.25) is 15.8 Å². The number of rotatable bonds is 6. The van der Waals surface area contributed by atoms with Gasteiger partial charge in [0.25, 0.3) is 0 Å². The number of hydrogen-bond acceptors (Lipinski definition) is 9. The Hall–Kier alpha value is -4.12. The third kappa shape index (κ3) is 5.41. The molecule has 6 rings (SSSR count). The molecule has 12 nitrogen and oxygen atoms in total. The number of halogens is 3. The van der Waals surface area contributed by atoms with Crippen LogP contribution in [0.2, 0.25) is 0 Å². The maximum atomic E-state index is 14.0. The molecule has 3 N–H and O–H groups in total. The predicted molar refractivity (Wildman–Crippen MR) is 155 cm³/mol. The Labute approximate surface area is 256 Å². The third-order valence-electron chi connectivity index (χ3n) is 8.42. The van der Waals surface area contributed by atoms with E-state index in [1.807, 2.05) is 6.92 Å². The van der Waals surface area contributed by atoms with Crippen LogP contribution in [0.25, 0.3) is 5.65 Å². The fourth-order valence-corrected chi connectivity index (χ4v) is 7.75. The van der Waals surface area contributed by atoms with Crippen LogP contribution < -0.4 is 10.6 Å². The first kappa shape index (κ1) is 30.9. The molecule has 0 bridgehead atoms. The van der Waals surface area contributed by atoms with Gasteiger partial charge >= 0.3 is 12.1 Å². The lowest BCUT2D eigenvalue weighted by Crippen LogP contribution is -2.67. The molecule has 0 aliphatic carbocycles. The summed E-state index contributed by atoms with van der Waals surface area (Å²) < 4.78 is 76.2. The summed E-state index contributed by atoms with van der Waals surface area (Å²) in [6.07, 6.45) is -2.41. The highest BCUT2D eigenvalue weighted by Crippen LogP contribution is 2.38. The van der Waals surface area contributed by atoms with E-state index in [9.17, 15) is 31.5 Å². The van der Waals surface area contributed by atoms with Crippen LogP contribution in [0.4, 0.5) is 19.0 Å². The minimum atomic E-state index is -4.73. The van der Waals surface area contributed by atoms with Crippen molar-refractivity contribution in [1.29, 1.82) is 0 Å². The van der Waals surface area contributed by atoms with E-state index < -0.39 is 39.6 Å². The maximum absolute atomic E-state index is 14.0. The number of pyridine rings is 2. The van der Waals surface area contributed by atoms with Crippen molar-refractivity contribution < 1.29 is 36.2 Å². The second-order valence-electron chi connectivity index (χ2n) is 11.4. The zero-order chi connectivity index (χ0) is 32.3. The third-order valence-corrected chi connectivity index (χ3v) is 10.2. The Morgan fingerprint density at radius 3 is 2.71 bits per heavy atom. The topological polar surface area (TPSA) is 156 Å². The van der Waals surface area contributed by atoms with Gasteiger partial charge in [-0.2, -0.15) is 17.5 Å². The number of morpholine rings is 1. The van der Waals surface area contributed by atoms with E-state index in [1.54, 1.807) is 36.1 Å². The molecule has 238 valence electrons. The molecule has 0 spiro atoms. The molecule has 0 radical (unpaired) electrons. The monoisotopic (exact) mass is 645 g/mol. The Kier molecular flexibility index (Phi) is 7.58. The lowest BCUT2D eigenvalue weighted by Gasteiger charge is -2.44. The fourth-order valence-electron chi connectivity index (χ4n) is 6.13. The number of ether oxygens (including phenoxy) is 1. The van der Waals surface area contributed by atoms with Crippen molar-refractivity contribution in [3.05, 3.63) is 82.4 Å². The van der Waals surface area contributed by atoms with Crippen molar-refractivity contribution in [2.45, 2.75) is 49.5 Å². The van der Waals surface area contributed by atoms with Gasteiger partial charge in [-0.3, -0.25) is 9.20 Å². The second-order valence-corrected chi connectivity index (χ2v) is 13.3. The van der Waals surface area contributed by atoms with E-state index in [2.05, 4.69) is 15.2 Å². The first-order valence-electron chi connectivity index (χ1n) is 14.0. The molecular formula is C29H30F3N7O5S. The standard InChI is InChI=1S/C29H30F3N7O5S/c1-17-5-6-19(22(13-24(40)41)21-7-9-38-25(18(21)2)35-36-27(38)29(30,31)32)12-20(17)14-37-15-28(33)16-44-11-10-39(28)26-23(45(37,42)43)4-3-8-34-26/h3-9,12,22H,10-11,13-16,33H2,1-2H3,(H,40,41)/t22-,28+/m0/s1. The molecule has 0 amide bonds. The summed E-state index contributed by atoms with van der Waals surface area (Å²) >= 11 is 0. The van der Waals surface area contributed by atoms with Crippen LogP contribution in [0.3, 0.4) is 0 Å². The second kappa shape index (κ2) is 11.0. The number of aromatic nitrogens is 4. The number of fused-ring (bicyclic) bond motifs is 4. The van der Waals surface area contributed by atoms with E-state index in [1.165, 1.54) is 28.8 Å². The van der Waals surface area contributed by atoms with Gasteiger partial charge in [0.1, 0.15) is 16.4 Å². The van der Waals surface area contributed by atoms with Gasteiger partial charge in [-0.1, -0.05) is 18.2 Å². The number of aryl methyl sites for hydroxylation is 2. The Morgan fingerprint density at radius 2 is 1.98 bits per heavy atom.